The van der Waals surface area contributed by atoms with Gasteiger partial charge in [0.05, 0.1) is 6.10 Å². The van der Waals surface area contributed by atoms with Crippen molar-refractivity contribution in [3.05, 3.63) is 23.5 Å². The fraction of sp³-hybridized carbons (Fsp3) is 0.538. The number of carboxylic acid groups (broad SMARTS) is 1. The van der Waals surface area contributed by atoms with Gasteiger partial charge in [0.25, 0.3) is 0 Å². The molecule has 1 saturated heterocycles. The zero-order valence-corrected chi connectivity index (χ0v) is 10.4. The third-order valence-electron chi connectivity index (χ3n) is 2.90. The van der Waals surface area contributed by atoms with Gasteiger partial charge < -0.3 is 14.6 Å². The summed E-state index contributed by atoms with van der Waals surface area (Å²) >= 11 is 0. The molecule has 0 saturated carbocycles. The molecule has 1 aromatic heterocycles. The van der Waals surface area contributed by atoms with Gasteiger partial charge in [-0.15, -0.1) is 0 Å². The summed E-state index contributed by atoms with van der Waals surface area (Å²) in [5, 5.41) is 9.05. The lowest BCUT2D eigenvalue weighted by Crippen LogP contribution is -2.26. The molecule has 1 aromatic rings. The molecule has 0 aliphatic carbocycles. The van der Waals surface area contributed by atoms with Crippen LogP contribution in [0.2, 0.25) is 0 Å². The van der Waals surface area contributed by atoms with Crippen LogP contribution in [0.15, 0.2) is 12.1 Å². The molecular weight excluding hydrogens is 234 g/mol. The average molecular weight is 251 g/mol. The predicted octanol–water partition coefficient (Wildman–Crippen LogP) is 2.04. The van der Waals surface area contributed by atoms with Crippen LogP contribution in [0.25, 0.3) is 0 Å². The van der Waals surface area contributed by atoms with Crippen molar-refractivity contribution in [3.8, 4) is 5.75 Å². The Kier molecular flexibility index (Phi) is 4.15. The van der Waals surface area contributed by atoms with Crippen molar-refractivity contribution < 1.29 is 19.4 Å². The Hall–Kier alpha value is -1.62. The summed E-state index contributed by atoms with van der Waals surface area (Å²) in [6.45, 7) is 2.89. The first-order valence-corrected chi connectivity index (χ1v) is 6.12. The molecule has 18 heavy (non-hydrogen) atoms. The summed E-state index contributed by atoms with van der Waals surface area (Å²) in [5.74, 6) is -0.763. The smallest absolute Gasteiger partial charge is 0.358 e. The summed E-state index contributed by atoms with van der Waals surface area (Å²) in [6.07, 6.45) is 3.23. The van der Waals surface area contributed by atoms with Crippen molar-refractivity contribution >= 4 is 5.97 Å². The molecule has 1 aliphatic heterocycles. The van der Waals surface area contributed by atoms with Crippen molar-refractivity contribution in [1.82, 2.24) is 4.98 Å². The Morgan fingerprint density at radius 3 is 3.06 bits per heavy atom. The Balaban J connectivity index is 2.01. The Morgan fingerprint density at radius 2 is 2.39 bits per heavy atom. The van der Waals surface area contributed by atoms with Crippen molar-refractivity contribution in [3.63, 3.8) is 0 Å². The summed E-state index contributed by atoms with van der Waals surface area (Å²) in [4.78, 5) is 15.0. The normalized spacial score (nSPS) is 19.5. The molecule has 1 fully saturated rings. The van der Waals surface area contributed by atoms with Crippen molar-refractivity contribution in [1.29, 1.82) is 0 Å². The van der Waals surface area contributed by atoms with Gasteiger partial charge in [0.2, 0.25) is 0 Å². The van der Waals surface area contributed by atoms with E-state index in [-0.39, 0.29) is 11.8 Å². The molecule has 1 N–H and O–H groups in total. The van der Waals surface area contributed by atoms with Gasteiger partial charge in [-0.1, -0.05) is 0 Å². The molecule has 0 bridgehead atoms. The molecule has 0 radical (unpaired) electrons. The maximum absolute atomic E-state index is 11.1. The van der Waals surface area contributed by atoms with Crippen molar-refractivity contribution in [2.75, 3.05) is 13.2 Å². The van der Waals surface area contributed by atoms with Crippen LogP contribution in [0.1, 0.15) is 35.4 Å². The molecule has 0 spiro atoms. The highest BCUT2D eigenvalue weighted by Gasteiger charge is 2.18. The summed E-state index contributed by atoms with van der Waals surface area (Å²) in [7, 11) is 0. The highest BCUT2D eigenvalue weighted by Crippen LogP contribution is 2.19. The lowest BCUT2D eigenvalue weighted by atomic mass is 10.1. The first-order chi connectivity index (χ1) is 8.66. The van der Waals surface area contributed by atoms with Crippen molar-refractivity contribution in [2.45, 2.75) is 32.3 Å². The number of hydrogen-bond acceptors (Lipinski definition) is 4. The molecule has 5 heteroatoms. The van der Waals surface area contributed by atoms with E-state index in [0.717, 1.165) is 25.9 Å². The Labute approximate surface area is 106 Å². The number of carboxylic acids is 1. The fourth-order valence-electron chi connectivity index (χ4n) is 1.94. The van der Waals surface area contributed by atoms with Gasteiger partial charge in [-0.3, -0.25) is 0 Å². The molecule has 1 unspecified atom stereocenters. The second-order valence-corrected chi connectivity index (χ2v) is 4.40. The fourth-order valence-corrected chi connectivity index (χ4v) is 1.94. The lowest BCUT2D eigenvalue weighted by Gasteiger charge is -2.22. The Bertz CT molecular complexity index is 427. The number of pyridine rings is 1. The molecule has 98 valence electrons. The third kappa shape index (κ3) is 3.20. The van der Waals surface area contributed by atoms with Crippen LogP contribution in [0.4, 0.5) is 0 Å². The van der Waals surface area contributed by atoms with E-state index in [1.807, 2.05) is 0 Å². The van der Waals surface area contributed by atoms with Crippen LogP contribution in [-0.4, -0.2) is 35.4 Å². The zero-order valence-electron chi connectivity index (χ0n) is 10.4. The number of nitrogens with zero attached hydrogens (tertiary/aromatic N) is 1. The summed E-state index contributed by atoms with van der Waals surface area (Å²) in [6, 6.07) is 3.39. The quantitative estimate of drug-likeness (QED) is 0.886. The predicted molar refractivity (Wildman–Crippen MR) is 65.0 cm³/mol. The molecule has 0 aromatic carbocycles. The number of rotatable bonds is 4. The van der Waals surface area contributed by atoms with E-state index in [4.69, 9.17) is 14.6 Å². The minimum absolute atomic E-state index is 0.0363. The van der Waals surface area contributed by atoms with Crippen LogP contribution in [0, 0.1) is 6.92 Å². The van der Waals surface area contributed by atoms with Gasteiger partial charge in [0.1, 0.15) is 6.61 Å². The molecule has 2 heterocycles. The van der Waals surface area contributed by atoms with Gasteiger partial charge in [0, 0.05) is 12.3 Å². The molecule has 5 nitrogen and oxygen atoms in total. The first kappa shape index (κ1) is 12.8. The van der Waals surface area contributed by atoms with Crippen LogP contribution >= 0.6 is 0 Å². The van der Waals surface area contributed by atoms with E-state index in [1.165, 1.54) is 0 Å². The van der Waals surface area contributed by atoms with E-state index >= 15 is 0 Å². The van der Waals surface area contributed by atoms with Gasteiger partial charge in [-0.05, 0) is 38.3 Å². The van der Waals surface area contributed by atoms with Crippen LogP contribution in [0.5, 0.6) is 5.75 Å². The van der Waals surface area contributed by atoms with Gasteiger partial charge >= 0.3 is 5.97 Å². The van der Waals surface area contributed by atoms with E-state index < -0.39 is 5.97 Å². The molecule has 1 atom stereocenters. The minimum Gasteiger partial charge on any atom is -0.488 e. The molecular formula is C13H17NO4. The number of aromatic nitrogens is 1. The Morgan fingerprint density at radius 1 is 1.56 bits per heavy atom. The maximum Gasteiger partial charge on any atom is 0.358 e. The van der Waals surface area contributed by atoms with E-state index in [2.05, 4.69) is 4.98 Å². The van der Waals surface area contributed by atoms with Crippen LogP contribution in [-0.2, 0) is 4.74 Å². The monoisotopic (exact) mass is 251 g/mol. The zero-order chi connectivity index (χ0) is 13.0. The second kappa shape index (κ2) is 5.82. The lowest BCUT2D eigenvalue weighted by molar-refractivity contribution is -0.0114. The number of ether oxygens (including phenoxy) is 2. The molecule has 2 rings (SSSR count). The van der Waals surface area contributed by atoms with Gasteiger partial charge in [0.15, 0.2) is 11.4 Å². The minimum atomic E-state index is -1.07. The highest BCUT2D eigenvalue weighted by atomic mass is 16.5. The SMILES string of the molecule is Cc1ccc(OCC2CCCCO2)c(C(=O)O)n1. The average Bonchev–Trinajstić information content (AvgIpc) is 2.38. The van der Waals surface area contributed by atoms with Gasteiger partial charge in [-0.25, -0.2) is 9.78 Å². The van der Waals surface area contributed by atoms with E-state index in [1.54, 1.807) is 19.1 Å². The number of aromatic carboxylic acids is 1. The number of aryl methyl sites for hydroxylation is 1. The number of hydrogen-bond donors (Lipinski definition) is 1. The standard InChI is InChI=1S/C13H17NO4/c1-9-5-6-11(12(14-9)13(15)16)18-8-10-4-2-3-7-17-10/h5-6,10H,2-4,7-8H2,1H3,(H,15,16). The third-order valence-corrected chi connectivity index (χ3v) is 2.90. The molecule has 1 aliphatic rings. The maximum atomic E-state index is 11.1. The van der Waals surface area contributed by atoms with E-state index in [9.17, 15) is 4.79 Å². The van der Waals surface area contributed by atoms with Gasteiger partial charge in [-0.2, -0.15) is 0 Å². The molecule has 0 amide bonds. The highest BCUT2D eigenvalue weighted by molar-refractivity contribution is 5.88. The second-order valence-electron chi connectivity index (χ2n) is 4.40. The van der Waals surface area contributed by atoms with E-state index in [0.29, 0.717) is 18.1 Å². The van der Waals surface area contributed by atoms with Crippen molar-refractivity contribution in [2.24, 2.45) is 0 Å². The summed E-state index contributed by atoms with van der Waals surface area (Å²) < 4.78 is 11.1. The van der Waals surface area contributed by atoms with Crippen LogP contribution in [0.3, 0.4) is 0 Å². The van der Waals surface area contributed by atoms with Crippen LogP contribution < -0.4 is 4.74 Å². The summed E-state index contributed by atoms with van der Waals surface area (Å²) in [5.41, 5.74) is 0.625. The first-order valence-electron chi connectivity index (χ1n) is 6.12. The topological polar surface area (TPSA) is 68.7 Å². The largest absolute Gasteiger partial charge is 0.488 e. The number of carbonyl (C=O) groups is 1.